The van der Waals surface area contributed by atoms with Crippen LogP contribution in [0, 0.1) is 11.7 Å². The number of amides is 1. The van der Waals surface area contributed by atoms with Gasteiger partial charge in [-0.05, 0) is 36.0 Å². The van der Waals surface area contributed by atoms with E-state index in [2.05, 4.69) is 5.32 Å². The predicted octanol–water partition coefficient (Wildman–Crippen LogP) is 2.08. The van der Waals surface area contributed by atoms with E-state index in [0.717, 1.165) is 11.6 Å². The summed E-state index contributed by atoms with van der Waals surface area (Å²) < 4.78 is 13.0. The molecule has 0 radical (unpaired) electrons. The van der Waals surface area contributed by atoms with E-state index in [9.17, 15) is 14.0 Å². The van der Waals surface area contributed by atoms with Crippen LogP contribution >= 0.6 is 0 Å². The number of hydrogen-bond acceptors (Lipinski definition) is 2. The third kappa shape index (κ3) is 3.66. The molecule has 2 rings (SSSR count). The number of halogens is 1. The maximum atomic E-state index is 13.0. The van der Waals surface area contributed by atoms with Gasteiger partial charge in [0.2, 0.25) is 5.91 Å². The van der Waals surface area contributed by atoms with Crippen LogP contribution in [0.15, 0.2) is 36.4 Å². The minimum absolute atomic E-state index is 0.0113. The van der Waals surface area contributed by atoms with Gasteiger partial charge in [-0.3, -0.25) is 4.79 Å². The number of carbonyl (C=O) groups is 2. The normalized spacial score (nSPS) is 22.8. The molecule has 4 nitrogen and oxygen atoms in total. The molecule has 0 bridgehead atoms. The van der Waals surface area contributed by atoms with Crippen molar-refractivity contribution in [3.8, 4) is 0 Å². The quantitative estimate of drug-likeness (QED) is 0.828. The van der Waals surface area contributed by atoms with Crippen LogP contribution in [0.25, 0.3) is 0 Å². The topological polar surface area (TPSA) is 66.4 Å². The van der Waals surface area contributed by atoms with Crippen molar-refractivity contribution in [1.82, 2.24) is 5.32 Å². The molecule has 2 atom stereocenters. The van der Waals surface area contributed by atoms with Gasteiger partial charge in [-0.2, -0.15) is 0 Å². The number of carbonyl (C=O) groups excluding carboxylic acids is 1. The summed E-state index contributed by atoms with van der Waals surface area (Å²) in [7, 11) is 0. The summed E-state index contributed by atoms with van der Waals surface area (Å²) in [6, 6.07) is 6.14. The molecule has 1 aromatic carbocycles. The van der Waals surface area contributed by atoms with Gasteiger partial charge in [0.25, 0.3) is 0 Å². The minimum Gasteiger partial charge on any atom is -0.478 e. The Morgan fingerprint density at radius 3 is 2.75 bits per heavy atom. The number of allylic oxidation sites excluding steroid dienone is 1. The Labute approximate surface area is 116 Å². The molecule has 106 valence electrons. The number of hydrogen-bond donors (Lipinski definition) is 2. The first kappa shape index (κ1) is 14.2. The number of carboxylic acids is 1. The van der Waals surface area contributed by atoms with Gasteiger partial charge in [-0.1, -0.05) is 18.2 Å². The number of nitrogens with one attached hydrogen (secondary N) is 1. The van der Waals surface area contributed by atoms with Gasteiger partial charge >= 0.3 is 5.97 Å². The van der Waals surface area contributed by atoms with Gasteiger partial charge in [-0.15, -0.1) is 0 Å². The molecule has 0 aromatic heterocycles. The first-order chi connectivity index (χ1) is 9.56. The maximum Gasteiger partial charge on any atom is 0.327 e. The fourth-order valence-corrected chi connectivity index (χ4v) is 2.52. The molecule has 1 fully saturated rings. The first-order valence-electron chi connectivity index (χ1n) is 6.48. The van der Waals surface area contributed by atoms with E-state index in [1.807, 2.05) is 0 Å². The third-order valence-corrected chi connectivity index (χ3v) is 3.53. The Bertz CT molecular complexity index is 524. The second kappa shape index (κ2) is 6.32. The number of benzene rings is 1. The molecule has 1 heterocycles. The van der Waals surface area contributed by atoms with Gasteiger partial charge < -0.3 is 10.4 Å². The molecule has 1 saturated heterocycles. The monoisotopic (exact) mass is 277 g/mol. The lowest BCUT2D eigenvalue weighted by Crippen LogP contribution is -2.39. The van der Waals surface area contributed by atoms with Crippen LogP contribution < -0.4 is 5.32 Å². The van der Waals surface area contributed by atoms with Crippen molar-refractivity contribution < 1.29 is 19.1 Å². The second-order valence-corrected chi connectivity index (χ2v) is 4.90. The van der Waals surface area contributed by atoms with Crippen molar-refractivity contribution in [2.75, 3.05) is 6.54 Å². The number of carboxylic acid groups (broad SMARTS) is 1. The van der Waals surface area contributed by atoms with Crippen molar-refractivity contribution in [2.24, 2.45) is 5.92 Å². The van der Waals surface area contributed by atoms with Crippen LogP contribution in [0.5, 0.6) is 0 Å². The summed E-state index contributed by atoms with van der Waals surface area (Å²) >= 11 is 0. The molecule has 1 amide bonds. The van der Waals surface area contributed by atoms with Crippen LogP contribution in [0.3, 0.4) is 0 Å². The Kier molecular flexibility index (Phi) is 4.50. The van der Waals surface area contributed by atoms with Crippen LogP contribution in [0.1, 0.15) is 24.3 Å². The Hall–Kier alpha value is -2.17. The van der Waals surface area contributed by atoms with E-state index in [0.29, 0.717) is 19.4 Å². The molecule has 0 aliphatic carbocycles. The lowest BCUT2D eigenvalue weighted by molar-refractivity contribution is -0.131. The second-order valence-electron chi connectivity index (χ2n) is 4.90. The summed E-state index contributed by atoms with van der Waals surface area (Å²) in [5, 5.41) is 11.4. The zero-order valence-electron chi connectivity index (χ0n) is 10.9. The summed E-state index contributed by atoms with van der Waals surface area (Å²) in [4.78, 5) is 22.0. The average molecular weight is 277 g/mol. The standard InChI is InChI=1S/C15H16FNO3/c16-12-6-4-10(5-7-12)13-8-14(18)17-9-11(13)2-1-3-15(19)20/h1,3-7,11,13H,2,8-9H2,(H,17,18)(H,19,20). The van der Waals surface area contributed by atoms with E-state index in [-0.39, 0.29) is 23.6 Å². The molecular formula is C15H16FNO3. The summed E-state index contributed by atoms with van der Waals surface area (Å²) in [5.41, 5.74) is 0.912. The fraction of sp³-hybridized carbons (Fsp3) is 0.333. The molecule has 0 saturated carbocycles. The van der Waals surface area contributed by atoms with Crippen molar-refractivity contribution >= 4 is 11.9 Å². The van der Waals surface area contributed by atoms with E-state index in [1.54, 1.807) is 18.2 Å². The smallest absolute Gasteiger partial charge is 0.327 e. The Morgan fingerprint density at radius 2 is 2.10 bits per heavy atom. The van der Waals surface area contributed by atoms with Gasteiger partial charge in [0, 0.05) is 19.0 Å². The largest absolute Gasteiger partial charge is 0.478 e. The van der Waals surface area contributed by atoms with Crippen molar-refractivity contribution in [1.29, 1.82) is 0 Å². The first-order valence-corrected chi connectivity index (χ1v) is 6.48. The van der Waals surface area contributed by atoms with Crippen LogP contribution in [0.2, 0.25) is 0 Å². The Balaban J connectivity index is 2.13. The van der Waals surface area contributed by atoms with Gasteiger partial charge in [0.05, 0.1) is 0 Å². The molecule has 1 aliphatic heterocycles. The van der Waals surface area contributed by atoms with Crippen LogP contribution in [-0.4, -0.2) is 23.5 Å². The minimum atomic E-state index is -0.983. The Morgan fingerprint density at radius 1 is 1.40 bits per heavy atom. The summed E-state index contributed by atoms with van der Waals surface area (Å²) in [5.74, 6) is -1.21. The number of rotatable bonds is 4. The van der Waals surface area contributed by atoms with Gasteiger partial charge in [-0.25, -0.2) is 9.18 Å². The highest BCUT2D eigenvalue weighted by molar-refractivity contribution is 5.79. The van der Waals surface area contributed by atoms with E-state index in [1.165, 1.54) is 12.1 Å². The highest BCUT2D eigenvalue weighted by atomic mass is 19.1. The number of piperidine rings is 1. The molecular weight excluding hydrogens is 261 g/mol. The molecule has 1 aliphatic rings. The molecule has 5 heteroatoms. The SMILES string of the molecule is O=C(O)C=CCC1CNC(=O)CC1c1ccc(F)cc1. The van der Waals surface area contributed by atoms with Gasteiger partial charge in [0.15, 0.2) is 0 Å². The zero-order chi connectivity index (χ0) is 14.5. The number of aliphatic carboxylic acids is 1. The van der Waals surface area contributed by atoms with Crippen LogP contribution in [0.4, 0.5) is 4.39 Å². The molecule has 20 heavy (non-hydrogen) atoms. The lowest BCUT2D eigenvalue weighted by Gasteiger charge is -2.31. The maximum absolute atomic E-state index is 13.0. The zero-order valence-corrected chi connectivity index (χ0v) is 10.9. The van der Waals surface area contributed by atoms with E-state index >= 15 is 0 Å². The van der Waals surface area contributed by atoms with E-state index in [4.69, 9.17) is 5.11 Å². The van der Waals surface area contributed by atoms with Crippen molar-refractivity contribution in [3.05, 3.63) is 47.8 Å². The van der Waals surface area contributed by atoms with Crippen LogP contribution in [-0.2, 0) is 9.59 Å². The highest BCUT2D eigenvalue weighted by Gasteiger charge is 2.29. The van der Waals surface area contributed by atoms with Gasteiger partial charge in [0.1, 0.15) is 5.82 Å². The van der Waals surface area contributed by atoms with Crippen molar-refractivity contribution in [2.45, 2.75) is 18.8 Å². The molecule has 2 N–H and O–H groups in total. The lowest BCUT2D eigenvalue weighted by atomic mass is 9.79. The highest BCUT2D eigenvalue weighted by Crippen LogP contribution is 2.33. The molecule has 2 unspecified atom stereocenters. The third-order valence-electron chi connectivity index (χ3n) is 3.53. The molecule has 1 aromatic rings. The average Bonchev–Trinajstić information content (AvgIpc) is 2.41. The molecule has 0 spiro atoms. The predicted molar refractivity (Wildman–Crippen MR) is 71.7 cm³/mol. The van der Waals surface area contributed by atoms with Crippen molar-refractivity contribution in [3.63, 3.8) is 0 Å². The fourth-order valence-electron chi connectivity index (χ4n) is 2.52. The summed E-state index contributed by atoms with van der Waals surface area (Å²) in [6.45, 7) is 0.505. The van der Waals surface area contributed by atoms with E-state index < -0.39 is 5.97 Å². The summed E-state index contributed by atoms with van der Waals surface area (Å²) in [6.07, 6.45) is 3.62.